The van der Waals surface area contributed by atoms with Crippen molar-refractivity contribution in [2.24, 2.45) is 0 Å². The average Bonchev–Trinajstić information content (AvgIpc) is 2.31. The number of hydrogen-bond donors (Lipinski definition) is 0. The molecule has 0 spiro atoms. The minimum absolute atomic E-state index is 0.333. The van der Waals surface area contributed by atoms with Crippen molar-refractivity contribution in [3.8, 4) is 0 Å². The van der Waals surface area contributed by atoms with Gasteiger partial charge in [-0.25, -0.2) is 0 Å². The van der Waals surface area contributed by atoms with Crippen LogP contribution < -0.4 is 0 Å². The molecule has 1 aliphatic rings. The van der Waals surface area contributed by atoms with E-state index in [9.17, 15) is 4.79 Å². The van der Waals surface area contributed by atoms with E-state index in [0.717, 1.165) is 13.2 Å². The summed E-state index contributed by atoms with van der Waals surface area (Å²) < 4.78 is 5.14. The van der Waals surface area contributed by atoms with Gasteiger partial charge in [-0.2, -0.15) is 0 Å². The zero-order valence-electron chi connectivity index (χ0n) is 6.30. The lowest BCUT2D eigenvalue weighted by atomic mass is 10.4. The van der Waals surface area contributed by atoms with Gasteiger partial charge < -0.3 is 4.74 Å². The Morgan fingerprint density at radius 1 is 1.70 bits per heavy atom. The normalized spacial score (nSPS) is 20.3. The molecule has 0 atom stereocenters. The van der Waals surface area contributed by atoms with Crippen molar-refractivity contribution >= 4 is 5.78 Å². The molecule has 0 bridgehead atoms. The van der Waals surface area contributed by atoms with Gasteiger partial charge in [0, 0.05) is 19.6 Å². The van der Waals surface area contributed by atoms with Crippen LogP contribution in [0.4, 0.5) is 0 Å². The van der Waals surface area contributed by atoms with Gasteiger partial charge in [-0.15, -0.1) is 0 Å². The highest BCUT2D eigenvalue weighted by atomic mass is 16.5. The fourth-order valence-electron chi connectivity index (χ4n) is 1.02. The summed E-state index contributed by atoms with van der Waals surface area (Å²) in [6, 6.07) is 0. The molecule has 1 fully saturated rings. The van der Waals surface area contributed by atoms with Gasteiger partial charge in [-0.3, -0.25) is 9.69 Å². The Kier molecular flexibility index (Phi) is 2.83. The summed E-state index contributed by atoms with van der Waals surface area (Å²) >= 11 is 0. The van der Waals surface area contributed by atoms with Crippen molar-refractivity contribution in [2.45, 2.75) is 13.3 Å². The predicted molar refractivity (Wildman–Crippen MR) is 37.7 cm³/mol. The Balaban J connectivity index is 2.12. The summed E-state index contributed by atoms with van der Waals surface area (Å²) in [6.07, 6.45) is 0.701. The Labute approximate surface area is 61.0 Å². The largest absolute Gasteiger partial charge is 0.366 e. The summed E-state index contributed by atoms with van der Waals surface area (Å²) in [5.74, 6) is 0.333. The van der Waals surface area contributed by atoms with Crippen LogP contribution in [0.2, 0.25) is 0 Å². The van der Waals surface area contributed by atoms with E-state index in [1.54, 1.807) is 0 Å². The van der Waals surface area contributed by atoms with Gasteiger partial charge in [-0.05, 0) is 6.92 Å². The second-order valence-electron chi connectivity index (χ2n) is 2.46. The van der Waals surface area contributed by atoms with Gasteiger partial charge in [0.2, 0.25) is 0 Å². The van der Waals surface area contributed by atoms with Crippen LogP contribution in [0.25, 0.3) is 0 Å². The third kappa shape index (κ3) is 2.08. The summed E-state index contributed by atoms with van der Waals surface area (Å²) in [7, 11) is 0. The third-order valence-electron chi connectivity index (χ3n) is 1.58. The van der Waals surface area contributed by atoms with Crippen molar-refractivity contribution in [3.63, 3.8) is 0 Å². The fourth-order valence-corrected chi connectivity index (χ4v) is 1.02. The van der Waals surface area contributed by atoms with Gasteiger partial charge >= 0.3 is 0 Å². The van der Waals surface area contributed by atoms with E-state index in [4.69, 9.17) is 4.74 Å². The highest BCUT2D eigenvalue weighted by Gasteiger charge is 2.18. The quantitative estimate of drug-likeness (QED) is 0.567. The maximum absolute atomic E-state index is 10.7. The van der Waals surface area contributed by atoms with Crippen LogP contribution in [0, 0.1) is 0 Å². The summed E-state index contributed by atoms with van der Waals surface area (Å²) in [4.78, 5) is 12.7. The first-order valence-corrected chi connectivity index (χ1v) is 3.64. The molecule has 0 radical (unpaired) electrons. The van der Waals surface area contributed by atoms with Crippen LogP contribution >= 0.6 is 0 Å². The first-order valence-electron chi connectivity index (χ1n) is 3.64. The van der Waals surface area contributed by atoms with Gasteiger partial charge in [0.1, 0.15) is 5.78 Å². The molecule has 1 heterocycles. The van der Waals surface area contributed by atoms with E-state index in [-0.39, 0.29) is 0 Å². The van der Waals surface area contributed by atoms with E-state index in [2.05, 4.69) is 0 Å². The second-order valence-corrected chi connectivity index (χ2v) is 2.46. The minimum Gasteiger partial charge on any atom is -0.366 e. The average molecular weight is 143 g/mol. The monoisotopic (exact) mass is 143 g/mol. The Bertz CT molecular complexity index is 125. The first kappa shape index (κ1) is 7.69. The van der Waals surface area contributed by atoms with Crippen molar-refractivity contribution in [1.82, 2.24) is 4.90 Å². The second kappa shape index (κ2) is 3.68. The molecule has 0 aliphatic carbocycles. The molecule has 0 amide bonds. The number of hydrogen-bond acceptors (Lipinski definition) is 3. The molecule has 0 saturated carbocycles. The van der Waals surface area contributed by atoms with Crippen LogP contribution in [0.5, 0.6) is 0 Å². The number of carbonyl (C=O) groups excluding carboxylic acids is 1. The standard InChI is InChI=1S/C7H13NO2/c1-2-10-6-8-4-3-7(9)5-8/h2-6H2,1H3. The molecular formula is C7H13NO2. The number of ether oxygens (including phenoxy) is 1. The Hall–Kier alpha value is -0.410. The number of Topliss-reactive ketones (excluding diaryl/α,β-unsaturated/α-hetero) is 1. The van der Waals surface area contributed by atoms with Crippen molar-refractivity contribution in [3.05, 3.63) is 0 Å². The van der Waals surface area contributed by atoms with Crippen molar-refractivity contribution < 1.29 is 9.53 Å². The van der Waals surface area contributed by atoms with E-state index in [0.29, 0.717) is 25.5 Å². The number of nitrogens with zero attached hydrogens (tertiary/aromatic N) is 1. The maximum Gasteiger partial charge on any atom is 0.148 e. The summed E-state index contributed by atoms with van der Waals surface area (Å²) in [5, 5.41) is 0. The zero-order valence-corrected chi connectivity index (χ0v) is 6.30. The number of likely N-dealkylation sites (tertiary alicyclic amines) is 1. The molecular weight excluding hydrogens is 130 g/mol. The third-order valence-corrected chi connectivity index (χ3v) is 1.58. The summed E-state index contributed by atoms with van der Waals surface area (Å²) in [5.41, 5.74) is 0. The van der Waals surface area contributed by atoms with E-state index in [1.807, 2.05) is 11.8 Å². The first-order chi connectivity index (χ1) is 4.83. The van der Waals surface area contributed by atoms with Crippen LogP contribution in [-0.4, -0.2) is 37.1 Å². The Morgan fingerprint density at radius 3 is 3.00 bits per heavy atom. The molecule has 3 heteroatoms. The van der Waals surface area contributed by atoms with E-state index in [1.165, 1.54) is 0 Å². The lowest BCUT2D eigenvalue weighted by Crippen LogP contribution is -2.23. The molecule has 0 unspecified atom stereocenters. The van der Waals surface area contributed by atoms with Crippen molar-refractivity contribution in [2.75, 3.05) is 26.4 Å². The van der Waals surface area contributed by atoms with E-state index < -0.39 is 0 Å². The highest BCUT2D eigenvalue weighted by molar-refractivity contribution is 5.82. The molecule has 58 valence electrons. The lowest BCUT2D eigenvalue weighted by Gasteiger charge is -2.11. The van der Waals surface area contributed by atoms with Crippen LogP contribution in [0.15, 0.2) is 0 Å². The molecule has 1 aliphatic heterocycles. The van der Waals surface area contributed by atoms with E-state index >= 15 is 0 Å². The lowest BCUT2D eigenvalue weighted by molar-refractivity contribution is -0.117. The van der Waals surface area contributed by atoms with Crippen LogP contribution in [0.1, 0.15) is 13.3 Å². The van der Waals surface area contributed by atoms with Crippen LogP contribution in [0.3, 0.4) is 0 Å². The van der Waals surface area contributed by atoms with Gasteiger partial charge in [-0.1, -0.05) is 0 Å². The molecule has 10 heavy (non-hydrogen) atoms. The number of rotatable bonds is 3. The zero-order chi connectivity index (χ0) is 7.40. The van der Waals surface area contributed by atoms with Gasteiger partial charge in [0.25, 0.3) is 0 Å². The molecule has 0 aromatic carbocycles. The number of carbonyl (C=O) groups is 1. The SMILES string of the molecule is CCOCN1CCC(=O)C1. The topological polar surface area (TPSA) is 29.5 Å². The fraction of sp³-hybridized carbons (Fsp3) is 0.857. The highest BCUT2D eigenvalue weighted by Crippen LogP contribution is 2.02. The molecule has 0 aromatic rings. The molecule has 0 N–H and O–H groups in total. The maximum atomic E-state index is 10.7. The number of ketones is 1. The summed E-state index contributed by atoms with van der Waals surface area (Å²) in [6.45, 7) is 4.75. The van der Waals surface area contributed by atoms with Crippen molar-refractivity contribution in [1.29, 1.82) is 0 Å². The van der Waals surface area contributed by atoms with Crippen LogP contribution in [-0.2, 0) is 9.53 Å². The molecule has 0 aromatic heterocycles. The minimum atomic E-state index is 0.333. The smallest absolute Gasteiger partial charge is 0.148 e. The molecule has 1 saturated heterocycles. The Morgan fingerprint density at radius 2 is 2.50 bits per heavy atom. The van der Waals surface area contributed by atoms with Gasteiger partial charge in [0.05, 0.1) is 13.3 Å². The predicted octanol–water partition coefficient (Wildman–Crippen LogP) is 0.255. The molecule has 3 nitrogen and oxygen atoms in total. The molecule has 1 rings (SSSR count). The van der Waals surface area contributed by atoms with Gasteiger partial charge in [0.15, 0.2) is 0 Å².